The van der Waals surface area contributed by atoms with Crippen molar-refractivity contribution in [3.63, 3.8) is 0 Å². The normalized spacial score (nSPS) is 34.3. The molecule has 0 aromatic carbocycles. The van der Waals surface area contributed by atoms with Gasteiger partial charge in [-0.05, 0) is 19.9 Å². The molecule has 1 fully saturated rings. The molecule has 96 valence electrons. The minimum Gasteiger partial charge on any atom is -0.339 e. The summed E-state index contributed by atoms with van der Waals surface area (Å²) in [5.41, 5.74) is 5.80. The second kappa shape index (κ2) is 5.19. The molecule has 1 amide bonds. The van der Waals surface area contributed by atoms with Crippen LogP contribution in [0.15, 0.2) is 12.2 Å². The summed E-state index contributed by atoms with van der Waals surface area (Å²) in [6, 6.07) is 0.574. The van der Waals surface area contributed by atoms with Gasteiger partial charge in [0.15, 0.2) is 0 Å². The summed E-state index contributed by atoms with van der Waals surface area (Å²) in [4.78, 5) is 16.7. The molecular weight excluding hydrogens is 214 g/mol. The Morgan fingerprint density at radius 1 is 1.41 bits per heavy atom. The number of likely N-dealkylation sites (N-methyl/N-ethyl adjacent to an activating group) is 1. The molecule has 1 heterocycles. The maximum Gasteiger partial charge on any atom is 0.229 e. The third kappa shape index (κ3) is 2.69. The van der Waals surface area contributed by atoms with Crippen LogP contribution in [0.5, 0.6) is 0 Å². The second-order valence-corrected chi connectivity index (χ2v) is 5.22. The summed E-state index contributed by atoms with van der Waals surface area (Å²) in [6.45, 7) is 4.88. The number of carbonyl (C=O) groups is 1. The van der Waals surface area contributed by atoms with Crippen molar-refractivity contribution in [1.29, 1.82) is 0 Å². The van der Waals surface area contributed by atoms with Gasteiger partial charge in [0.2, 0.25) is 5.91 Å². The third-order valence-electron chi connectivity index (χ3n) is 3.99. The molecule has 1 saturated heterocycles. The summed E-state index contributed by atoms with van der Waals surface area (Å²) in [7, 11) is 2.14. The molecule has 3 atom stereocenters. The van der Waals surface area contributed by atoms with Crippen molar-refractivity contribution in [2.45, 2.75) is 31.8 Å². The fourth-order valence-corrected chi connectivity index (χ4v) is 2.73. The second-order valence-electron chi connectivity index (χ2n) is 5.22. The smallest absolute Gasteiger partial charge is 0.229 e. The van der Waals surface area contributed by atoms with E-state index in [0.29, 0.717) is 6.04 Å². The van der Waals surface area contributed by atoms with E-state index in [1.165, 1.54) is 0 Å². The number of piperazine rings is 1. The van der Waals surface area contributed by atoms with E-state index < -0.39 is 0 Å². The SMILES string of the molecule is CCC1CN(C(=O)C2C=CC(N)C2)CCN1C. The predicted octanol–water partition coefficient (Wildman–Crippen LogP) is 0.442. The summed E-state index contributed by atoms with van der Waals surface area (Å²) in [6.07, 6.45) is 5.81. The molecule has 0 saturated carbocycles. The Labute approximate surface area is 103 Å². The fourth-order valence-electron chi connectivity index (χ4n) is 2.73. The number of hydrogen-bond acceptors (Lipinski definition) is 3. The number of rotatable bonds is 2. The highest BCUT2D eigenvalue weighted by molar-refractivity contribution is 5.81. The first-order valence-corrected chi connectivity index (χ1v) is 6.54. The Bertz CT molecular complexity index is 316. The van der Waals surface area contributed by atoms with Crippen LogP contribution in [-0.4, -0.2) is 54.5 Å². The van der Waals surface area contributed by atoms with E-state index in [1.807, 2.05) is 17.1 Å². The predicted molar refractivity (Wildman–Crippen MR) is 68.5 cm³/mol. The largest absolute Gasteiger partial charge is 0.339 e. The minimum atomic E-state index is 0.0194. The molecule has 2 rings (SSSR count). The Morgan fingerprint density at radius 2 is 2.18 bits per heavy atom. The zero-order chi connectivity index (χ0) is 12.4. The number of nitrogens with zero attached hydrogens (tertiary/aromatic N) is 2. The maximum absolute atomic E-state index is 12.3. The first-order valence-electron chi connectivity index (χ1n) is 6.54. The number of hydrogen-bond donors (Lipinski definition) is 1. The molecule has 0 aromatic heterocycles. The van der Waals surface area contributed by atoms with Gasteiger partial charge in [-0.25, -0.2) is 0 Å². The van der Waals surface area contributed by atoms with Crippen LogP contribution in [0, 0.1) is 5.92 Å². The molecule has 0 bridgehead atoms. The molecule has 3 unspecified atom stereocenters. The Morgan fingerprint density at radius 3 is 2.76 bits per heavy atom. The van der Waals surface area contributed by atoms with Gasteiger partial charge in [-0.2, -0.15) is 0 Å². The monoisotopic (exact) mass is 237 g/mol. The lowest BCUT2D eigenvalue weighted by Gasteiger charge is -2.40. The summed E-state index contributed by atoms with van der Waals surface area (Å²) in [5.74, 6) is 0.284. The van der Waals surface area contributed by atoms with E-state index >= 15 is 0 Å². The lowest BCUT2D eigenvalue weighted by Crippen LogP contribution is -2.54. The highest BCUT2D eigenvalue weighted by Gasteiger charge is 2.31. The van der Waals surface area contributed by atoms with Gasteiger partial charge in [-0.15, -0.1) is 0 Å². The van der Waals surface area contributed by atoms with E-state index in [2.05, 4.69) is 18.9 Å². The van der Waals surface area contributed by atoms with E-state index in [4.69, 9.17) is 5.73 Å². The van der Waals surface area contributed by atoms with Gasteiger partial charge in [-0.3, -0.25) is 9.69 Å². The molecular formula is C13H23N3O. The van der Waals surface area contributed by atoms with Gasteiger partial charge in [0.05, 0.1) is 5.92 Å². The lowest BCUT2D eigenvalue weighted by molar-refractivity contribution is -0.136. The molecule has 0 spiro atoms. The van der Waals surface area contributed by atoms with E-state index in [-0.39, 0.29) is 17.9 Å². The van der Waals surface area contributed by atoms with Crippen LogP contribution in [0.1, 0.15) is 19.8 Å². The molecule has 4 nitrogen and oxygen atoms in total. The molecule has 1 aliphatic carbocycles. The van der Waals surface area contributed by atoms with E-state index in [1.54, 1.807) is 0 Å². The van der Waals surface area contributed by atoms with Crippen molar-refractivity contribution in [2.75, 3.05) is 26.7 Å². The van der Waals surface area contributed by atoms with Crippen LogP contribution in [0.4, 0.5) is 0 Å². The fraction of sp³-hybridized carbons (Fsp3) is 0.769. The minimum absolute atomic E-state index is 0.0194. The molecule has 1 aliphatic heterocycles. The first-order chi connectivity index (χ1) is 8.11. The van der Waals surface area contributed by atoms with Crippen LogP contribution in [0.25, 0.3) is 0 Å². The van der Waals surface area contributed by atoms with Crippen molar-refractivity contribution in [3.05, 3.63) is 12.2 Å². The highest BCUT2D eigenvalue weighted by atomic mass is 16.2. The van der Waals surface area contributed by atoms with Gasteiger partial charge >= 0.3 is 0 Å². The van der Waals surface area contributed by atoms with E-state index in [9.17, 15) is 4.79 Å². The van der Waals surface area contributed by atoms with Crippen molar-refractivity contribution in [3.8, 4) is 0 Å². The Hall–Kier alpha value is -0.870. The number of carbonyl (C=O) groups excluding carboxylic acids is 1. The highest BCUT2D eigenvalue weighted by Crippen LogP contribution is 2.21. The summed E-state index contributed by atoms with van der Waals surface area (Å²) in [5, 5.41) is 0. The standard InChI is InChI=1S/C13H23N3O/c1-3-12-9-16(7-6-15(12)2)13(17)10-4-5-11(14)8-10/h4-5,10-12H,3,6-9,14H2,1-2H3. The quantitative estimate of drug-likeness (QED) is 0.709. The van der Waals surface area contributed by atoms with E-state index in [0.717, 1.165) is 32.5 Å². The van der Waals surface area contributed by atoms with Crippen molar-refractivity contribution >= 4 is 5.91 Å². The first kappa shape index (κ1) is 12.6. The third-order valence-corrected chi connectivity index (χ3v) is 3.99. The zero-order valence-electron chi connectivity index (χ0n) is 10.8. The van der Waals surface area contributed by atoms with Crippen LogP contribution in [-0.2, 0) is 4.79 Å². The number of amides is 1. The van der Waals surface area contributed by atoms with Crippen LogP contribution < -0.4 is 5.73 Å². The molecule has 17 heavy (non-hydrogen) atoms. The van der Waals surface area contributed by atoms with Gasteiger partial charge in [-0.1, -0.05) is 19.1 Å². The Balaban J connectivity index is 1.94. The van der Waals surface area contributed by atoms with Gasteiger partial charge < -0.3 is 10.6 Å². The molecule has 0 radical (unpaired) electrons. The molecule has 2 N–H and O–H groups in total. The molecule has 0 aromatic rings. The summed E-state index contributed by atoms with van der Waals surface area (Å²) >= 11 is 0. The van der Waals surface area contributed by atoms with Crippen LogP contribution >= 0.6 is 0 Å². The molecule has 2 aliphatic rings. The average Bonchev–Trinajstić information content (AvgIpc) is 2.75. The van der Waals surface area contributed by atoms with Crippen molar-refractivity contribution < 1.29 is 4.79 Å². The van der Waals surface area contributed by atoms with Gasteiger partial charge in [0, 0.05) is 31.7 Å². The van der Waals surface area contributed by atoms with Crippen molar-refractivity contribution in [1.82, 2.24) is 9.80 Å². The average molecular weight is 237 g/mol. The summed E-state index contributed by atoms with van der Waals surface area (Å²) < 4.78 is 0. The maximum atomic E-state index is 12.3. The number of nitrogens with two attached hydrogens (primary N) is 1. The lowest BCUT2D eigenvalue weighted by atomic mass is 10.0. The van der Waals surface area contributed by atoms with Crippen LogP contribution in [0.3, 0.4) is 0 Å². The van der Waals surface area contributed by atoms with Gasteiger partial charge in [0.1, 0.15) is 0 Å². The molecule has 4 heteroatoms. The Kier molecular flexibility index (Phi) is 3.84. The van der Waals surface area contributed by atoms with Gasteiger partial charge in [0.25, 0.3) is 0 Å². The zero-order valence-corrected chi connectivity index (χ0v) is 10.8. The van der Waals surface area contributed by atoms with Crippen molar-refractivity contribution in [2.24, 2.45) is 11.7 Å². The van der Waals surface area contributed by atoms with Crippen LogP contribution in [0.2, 0.25) is 0 Å². The topological polar surface area (TPSA) is 49.6 Å².